The van der Waals surface area contributed by atoms with Crippen molar-refractivity contribution in [3.05, 3.63) is 24.0 Å². The van der Waals surface area contributed by atoms with Crippen LogP contribution >= 0.6 is 0 Å². The van der Waals surface area contributed by atoms with Crippen molar-refractivity contribution >= 4 is 11.6 Å². The molecule has 1 amide bonds. The second kappa shape index (κ2) is 6.89. The predicted octanol–water partition coefficient (Wildman–Crippen LogP) is 2.34. The summed E-state index contributed by atoms with van der Waals surface area (Å²) in [5.41, 5.74) is 1.46. The number of amides is 1. The summed E-state index contributed by atoms with van der Waals surface area (Å²) in [5, 5.41) is 6.36. The van der Waals surface area contributed by atoms with Crippen molar-refractivity contribution < 1.29 is 9.53 Å². The molecular formula is C16H23N3O2. The lowest BCUT2D eigenvalue weighted by Gasteiger charge is -2.13. The van der Waals surface area contributed by atoms with Crippen LogP contribution in [-0.4, -0.2) is 36.2 Å². The van der Waals surface area contributed by atoms with Crippen molar-refractivity contribution in [2.45, 2.75) is 50.7 Å². The van der Waals surface area contributed by atoms with E-state index in [1.165, 1.54) is 25.7 Å². The zero-order valence-electron chi connectivity index (χ0n) is 12.3. The number of ether oxygens (including phenoxy) is 1. The molecule has 1 aromatic heterocycles. The molecule has 0 aromatic carbocycles. The number of hydrogen-bond acceptors (Lipinski definition) is 4. The van der Waals surface area contributed by atoms with Gasteiger partial charge in [0.15, 0.2) is 0 Å². The van der Waals surface area contributed by atoms with E-state index in [4.69, 9.17) is 4.74 Å². The molecule has 1 aliphatic heterocycles. The lowest BCUT2D eigenvalue weighted by molar-refractivity contribution is 0.0854. The third-order valence-corrected chi connectivity index (χ3v) is 4.24. The van der Waals surface area contributed by atoms with Gasteiger partial charge in [-0.2, -0.15) is 0 Å². The Hall–Kier alpha value is -1.62. The van der Waals surface area contributed by atoms with E-state index in [-0.39, 0.29) is 12.0 Å². The van der Waals surface area contributed by atoms with Crippen LogP contribution in [0.5, 0.6) is 0 Å². The first-order valence-corrected chi connectivity index (χ1v) is 7.93. The van der Waals surface area contributed by atoms with E-state index in [9.17, 15) is 4.79 Å². The highest BCUT2D eigenvalue weighted by molar-refractivity contribution is 5.92. The molecule has 1 atom stereocenters. The van der Waals surface area contributed by atoms with Crippen molar-refractivity contribution in [1.29, 1.82) is 0 Å². The molecule has 0 radical (unpaired) electrons. The average molecular weight is 289 g/mol. The Balaban J connectivity index is 1.49. The number of nitrogens with one attached hydrogen (secondary N) is 2. The first-order valence-electron chi connectivity index (χ1n) is 7.93. The molecule has 2 heterocycles. The fraction of sp³-hybridized carbons (Fsp3) is 0.625. The lowest BCUT2D eigenvalue weighted by atomic mass is 10.2. The van der Waals surface area contributed by atoms with Gasteiger partial charge in [-0.25, -0.2) is 4.98 Å². The highest BCUT2D eigenvalue weighted by Gasteiger charge is 2.17. The van der Waals surface area contributed by atoms with Gasteiger partial charge in [-0.3, -0.25) is 4.79 Å². The standard InChI is InChI=1S/C16H23N3O2/c20-16(18-11-14-6-3-9-21-14)15-8-7-13(10-17-15)19-12-4-1-2-5-12/h7-8,10,12,14,19H,1-6,9,11H2,(H,18,20). The van der Waals surface area contributed by atoms with Gasteiger partial charge < -0.3 is 15.4 Å². The van der Waals surface area contributed by atoms with Crippen LogP contribution in [0.1, 0.15) is 49.0 Å². The highest BCUT2D eigenvalue weighted by Crippen LogP contribution is 2.21. The van der Waals surface area contributed by atoms with Crippen LogP contribution in [0.25, 0.3) is 0 Å². The van der Waals surface area contributed by atoms with Gasteiger partial charge in [0.1, 0.15) is 5.69 Å². The van der Waals surface area contributed by atoms with Gasteiger partial charge in [0.05, 0.1) is 18.0 Å². The van der Waals surface area contributed by atoms with Crippen LogP contribution in [0.4, 0.5) is 5.69 Å². The first kappa shape index (κ1) is 14.3. The molecule has 1 saturated carbocycles. The van der Waals surface area contributed by atoms with Gasteiger partial charge in [0.2, 0.25) is 0 Å². The number of aromatic nitrogens is 1. The first-order chi connectivity index (χ1) is 10.3. The van der Waals surface area contributed by atoms with E-state index in [1.54, 1.807) is 12.3 Å². The van der Waals surface area contributed by atoms with Crippen LogP contribution in [0.15, 0.2) is 18.3 Å². The zero-order chi connectivity index (χ0) is 14.5. The minimum absolute atomic E-state index is 0.127. The second-order valence-corrected chi connectivity index (χ2v) is 5.90. The molecule has 114 valence electrons. The van der Waals surface area contributed by atoms with Crippen molar-refractivity contribution in [2.75, 3.05) is 18.5 Å². The molecule has 2 aliphatic rings. The summed E-state index contributed by atoms with van der Waals surface area (Å²) in [6, 6.07) is 4.28. The van der Waals surface area contributed by atoms with E-state index in [0.29, 0.717) is 18.3 Å². The molecule has 0 spiro atoms. The summed E-state index contributed by atoms with van der Waals surface area (Å²) in [6.45, 7) is 1.38. The number of anilines is 1. The predicted molar refractivity (Wildman–Crippen MR) is 81.4 cm³/mol. The summed E-state index contributed by atoms with van der Waals surface area (Å²) in [6.07, 6.45) is 9.08. The van der Waals surface area contributed by atoms with Crippen LogP contribution < -0.4 is 10.6 Å². The van der Waals surface area contributed by atoms with E-state index in [0.717, 1.165) is 25.1 Å². The molecule has 1 saturated heterocycles. The summed E-state index contributed by atoms with van der Waals surface area (Å²) in [5.74, 6) is -0.127. The molecule has 5 nitrogen and oxygen atoms in total. The molecule has 5 heteroatoms. The minimum Gasteiger partial charge on any atom is -0.381 e. The monoisotopic (exact) mass is 289 g/mol. The van der Waals surface area contributed by atoms with Crippen molar-refractivity contribution in [2.24, 2.45) is 0 Å². The average Bonchev–Trinajstić information content (AvgIpc) is 3.19. The number of nitrogens with zero attached hydrogens (tertiary/aromatic N) is 1. The highest BCUT2D eigenvalue weighted by atomic mass is 16.5. The maximum atomic E-state index is 12.0. The quantitative estimate of drug-likeness (QED) is 0.873. The molecule has 2 N–H and O–H groups in total. The number of carbonyl (C=O) groups is 1. The van der Waals surface area contributed by atoms with E-state index in [1.807, 2.05) is 6.07 Å². The van der Waals surface area contributed by atoms with Gasteiger partial charge in [-0.1, -0.05) is 12.8 Å². The molecule has 3 rings (SSSR count). The van der Waals surface area contributed by atoms with Gasteiger partial charge in [-0.15, -0.1) is 0 Å². The van der Waals surface area contributed by atoms with E-state index >= 15 is 0 Å². The maximum Gasteiger partial charge on any atom is 0.269 e. The Morgan fingerprint density at radius 2 is 2.10 bits per heavy atom. The van der Waals surface area contributed by atoms with Crippen molar-refractivity contribution in [3.8, 4) is 0 Å². The van der Waals surface area contributed by atoms with Crippen molar-refractivity contribution in [1.82, 2.24) is 10.3 Å². The van der Waals surface area contributed by atoms with Crippen molar-refractivity contribution in [3.63, 3.8) is 0 Å². The van der Waals surface area contributed by atoms with Gasteiger partial charge >= 0.3 is 0 Å². The van der Waals surface area contributed by atoms with Crippen LogP contribution in [0, 0.1) is 0 Å². The normalized spacial score (nSPS) is 22.4. The maximum absolute atomic E-state index is 12.0. The number of rotatable bonds is 5. The summed E-state index contributed by atoms with van der Waals surface area (Å²) >= 11 is 0. The third-order valence-electron chi connectivity index (χ3n) is 4.24. The molecule has 1 aliphatic carbocycles. The summed E-state index contributed by atoms with van der Waals surface area (Å²) in [4.78, 5) is 16.3. The van der Waals surface area contributed by atoms with E-state index in [2.05, 4.69) is 15.6 Å². The molecular weight excluding hydrogens is 266 g/mol. The Labute approximate surface area is 125 Å². The largest absolute Gasteiger partial charge is 0.381 e. The smallest absolute Gasteiger partial charge is 0.269 e. The Kier molecular flexibility index (Phi) is 4.70. The van der Waals surface area contributed by atoms with Crippen LogP contribution in [0.2, 0.25) is 0 Å². The van der Waals surface area contributed by atoms with Gasteiger partial charge in [0.25, 0.3) is 5.91 Å². The Bertz CT molecular complexity index is 463. The second-order valence-electron chi connectivity index (χ2n) is 5.90. The molecule has 2 fully saturated rings. The summed E-state index contributed by atoms with van der Waals surface area (Å²) in [7, 11) is 0. The van der Waals surface area contributed by atoms with Gasteiger partial charge in [-0.05, 0) is 37.8 Å². The third kappa shape index (κ3) is 3.94. The SMILES string of the molecule is O=C(NCC1CCCO1)c1ccc(NC2CCCC2)cn1. The topological polar surface area (TPSA) is 63.2 Å². The number of carbonyl (C=O) groups excluding carboxylic acids is 1. The molecule has 0 bridgehead atoms. The van der Waals surface area contributed by atoms with Crippen LogP contribution in [-0.2, 0) is 4.74 Å². The Morgan fingerprint density at radius 1 is 1.24 bits per heavy atom. The number of hydrogen-bond donors (Lipinski definition) is 2. The Morgan fingerprint density at radius 3 is 2.76 bits per heavy atom. The van der Waals surface area contributed by atoms with E-state index < -0.39 is 0 Å². The molecule has 21 heavy (non-hydrogen) atoms. The fourth-order valence-electron chi connectivity index (χ4n) is 3.02. The minimum atomic E-state index is -0.127. The fourth-order valence-corrected chi connectivity index (χ4v) is 3.02. The summed E-state index contributed by atoms with van der Waals surface area (Å²) < 4.78 is 5.49. The lowest BCUT2D eigenvalue weighted by Crippen LogP contribution is -2.32. The number of pyridine rings is 1. The van der Waals surface area contributed by atoms with Gasteiger partial charge in [0, 0.05) is 19.2 Å². The zero-order valence-corrected chi connectivity index (χ0v) is 12.3. The molecule has 1 aromatic rings. The molecule has 1 unspecified atom stereocenters. The van der Waals surface area contributed by atoms with Crippen LogP contribution in [0.3, 0.4) is 0 Å².